The normalized spacial score (nSPS) is 15.1. The third-order valence-electron chi connectivity index (χ3n) is 5.21. The second kappa shape index (κ2) is 9.25. The number of carbonyl (C=O) groups excluding carboxylic acids is 1. The van der Waals surface area contributed by atoms with Gasteiger partial charge in [-0.1, -0.05) is 12.1 Å². The van der Waals surface area contributed by atoms with Crippen LogP contribution in [0.3, 0.4) is 0 Å². The molecular formula is C22H22F3N5OS. The number of piperazine rings is 1. The summed E-state index contributed by atoms with van der Waals surface area (Å²) in [5.74, 6) is 0.653. The molecule has 1 N–H and O–H groups in total. The molecule has 1 aromatic carbocycles. The van der Waals surface area contributed by atoms with Gasteiger partial charge in [0.15, 0.2) is 0 Å². The van der Waals surface area contributed by atoms with Crippen LogP contribution >= 0.6 is 11.3 Å². The van der Waals surface area contributed by atoms with E-state index >= 15 is 0 Å². The van der Waals surface area contributed by atoms with Gasteiger partial charge in [-0.15, -0.1) is 11.3 Å². The highest BCUT2D eigenvalue weighted by Gasteiger charge is 2.30. The van der Waals surface area contributed by atoms with Crippen LogP contribution in [0.1, 0.15) is 11.3 Å². The highest BCUT2D eigenvalue weighted by Crippen LogP contribution is 2.31. The molecule has 0 atom stereocenters. The van der Waals surface area contributed by atoms with Crippen LogP contribution in [0.2, 0.25) is 0 Å². The largest absolute Gasteiger partial charge is 0.416 e. The highest BCUT2D eigenvalue weighted by atomic mass is 32.1. The third-order valence-corrected chi connectivity index (χ3v) is 6.15. The van der Waals surface area contributed by atoms with Crippen LogP contribution in [0.5, 0.6) is 0 Å². The van der Waals surface area contributed by atoms with E-state index in [0.29, 0.717) is 22.0 Å². The van der Waals surface area contributed by atoms with Crippen molar-refractivity contribution in [3.05, 3.63) is 59.2 Å². The van der Waals surface area contributed by atoms with Gasteiger partial charge in [-0.2, -0.15) is 13.2 Å². The van der Waals surface area contributed by atoms with E-state index in [4.69, 9.17) is 0 Å². The molecular weight excluding hydrogens is 439 g/mol. The summed E-state index contributed by atoms with van der Waals surface area (Å²) in [4.78, 5) is 25.7. The van der Waals surface area contributed by atoms with E-state index in [1.807, 2.05) is 12.1 Å². The van der Waals surface area contributed by atoms with E-state index < -0.39 is 11.7 Å². The summed E-state index contributed by atoms with van der Waals surface area (Å²) in [6.07, 6.45) is -2.67. The Kier molecular flexibility index (Phi) is 6.43. The quantitative estimate of drug-likeness (QED) is 0.619. The van der Waals surface area contributed by atoms with E-state index in [1.54, 1.807) is 11.6 Å². The monoisotopic (exact) mass is 461 g/mol. The summed E-state index contributed by atoms with van der Waals surface area (Å²) in [6.45, 7) is 3.81. The lowest BCUT2D eigenvalue weighted by molar-refractivity contribution is -0.137. The number of amides is 1. The minimum atomic E-state index is -4.37. The molecule has 1 aliphatic rings. The maximum absolute atomic E-state index is 12.7. The van der Waals surface area contributed by atoms with Gasteiger partial charge >= 0.3 is 6.18 Å². The molecule has 0 saturated carbocycles. The van der Waals surface area contributed by atoms with Crippen molar-refractivity contribution in [3.63, 3.8) is 0 Å². The number of likely N-dealkylation sites (N-methyl/N-ethyl adjacent to an activating group) is 1. The Morgan fingerprint density at radius 1 is 1.09 bits per heavy atom. The minimum absolute atomic E-state index is 0.0668. The lowest BCUT2D eigenvalue weighted by Crippen LogP contribution is -2.44. The van der Waals surface area contributed by atoms with Crippen molar-refractivity contribution in [2.24, 2.45) is 0 Å². The van der Waals surface area contributed by atoms with Crippen LogP contribution < -0.4 is 10.2 Å². The Balaban J connectivity index is 1.33. The highest BCUT2D eigenvalue weighted by molar-refractivity contribution is 7.13. The molecule has 0 unspecified atom stereocenters. The molecule has 2 aromatic heterocycles. The van der Waals surface area contributed by atoms with Crippen LogP contribution in [0.15, 0.2) is 48.0 Å². The molecule has 1 saturated heterocycles. The molecule has 1 amide bonds. The van der Waals surface area contributed by atoms with E-state index in [2.05, 4.69) is 32.1 Å². The standard InChI is InChI=1S/C22H22F3N5OS/c1-29-8-10-30(11-9-29)19-7-6-17(13-26-19)27-20(31)12-18-14-32-21(28-18)15-2-4-16(5-3-15)22(23,24)25/h2-7,13-14H,8-12H2,1H3,(H,27,31). The summed E-state index contributed by atoms with van der Waals surface area (Å²) in [5.41, 5.74) is 1.04. The predicted molar refractivity (Wildman–Crippen MR) is 119 cm³/mol. The van der Waals surface area contributed by atoms with Gasteiger partial charge in [0.25, 0.3) is 0 Å². The van der Waals surface area contributed by atoms with Gasteiger partial charge in [0.05, 0.1) is 29.6 Å². The molecule has 6 nitrogen and oxygen atoms in total. The second-order valence-electron chi connectivity index (χ2n) is 7.64. The van der Waals surface area contributed by atoms with Crippen LogP contribution in [0.4, 0.5) is 24.7 Å². The van der Waals surface area contributed by atoms with Crippen molar-refractivity contribution in [1.82, 2.24) is 14.9 Å². The Bertz CT molecular complexity index is 1060. The number of alkyl halides is 3. The van der Waals surface area contributed by atoms with Gasteiger partial charge in [-0.25, -0.2) is 9.97 Å². The van der Waals surface area contributed by atoms with Crippen molar-refractivity contribution in [1.29, 1.82) is 0 Å². The average molecular weight is 462 g/mol. The number of rotatable bonds is 5. The molecule has 0 spiro atoms. The number of carbonyl (C=O) groups is 1. The number of anilines is 2. The van der Waals surface area contributed by atoms with Gasteiger partial charge in [-0.05, 0) is 31.3 Å². The zero-order valence-corrected chi connectivity index (χ0v) is 18.2. The molecule has 4 rings (SSSR count). The topological polar surface area (TPSA) is 61.4 Å². The lowest BCUT2D eigenvalue weighted by Gasteiger charge is -2.33. The Hall–Kier alpha value is -2.98. The summed E-state index contributed by atoms with van der Waals surface area (Å²) in [6, 6.07) is 8.56. The summed E-state index contributed by atoms with van der Waals surface area (Å²) in [7, 11) is 2.10. The number of nitrogens with one attached hydrogen (secondary N) is 1. The van der Waals surface area contributed by atoms with Gasteiger partial charge < -0.3 is 15.1 Å². The molecule has 3 aromatic rings. The third kappa shape index (κ3) is 5.43. The number of thiazole rings is 1. The minimum Gasteiger partial charge on any atom is -0.354 e. The van der Waals surface area contributed by atoms with Gasteiger partial charge in [-0.3, -0.25) is 4.79 Å². The SMILES string of the molecule is CN1CCN(c2ccc(NC(=O)Cc3csc(-c4ccc(C(F)(F)F)cc4)n3)cn2)CC1. The zero-order chi connectivity index (χ0) is 22.7. The molecule has 3 heterocycles. The molecule has 10 heteroatoms. The van der Waals surface area contributed by atoms with Crippen LogP contribution in [-0.4, -0.2) is 54.0 Å². The van der Waals surface area contributed by atoms with Gasteiger partial charge in [0.1, 0.15) is 10.8 Å². The van der Waals surface area contributed by atoms with E-state index in [9.17, 15) is 18.0 Å². The van der Waals surface area contributed by atoms with Crippen LogP contribution in [0.25, 0.3) is 10.6 Å². The first-order valence-corrected chi connectivity index (χ1v) is 11.0. The predicted octanol–water partition coefficient (Wildman–Crippen LogP) is 4.16. The number of nitrogens with zero attached hydrogens (tertiary/aromatic N) is 4. The zero-order valence-electron chi connectivity index (χ0n) is 17.4. The molecule has 1 fully saturated rings. The second-order valence-corrected chi connectivity index (χ2v) is 8.50. The average Bonchev–Trinajstić information content (AvgIpc) is 3.23. The fourth-order valence-electron chi connectivity index (χ4n) is 3.37. The molecule has 1 aliphatic heterocycles. The van der Waals surface area contributed by atoms with Crippen molar-refractivity contribution in [3.8, 4) is 10.6 Å². The molecule has 168 valence electrons. The van der Waals surface area contributed by atoms with Crippen LogP contribution in [0, 0.1) is 0 Å². The first-order valence-electron chi connectivity index (χ1n) is 10.1. The van der Waals surface area contributed by atoms with Gasteiger partial charge in [0, 0.05) is 37.1 Å². The molecule has 0 aliphatic carbocycles. The van der Waals surface area contributed by atoms with Crippen molar-refractivity contribution < 1.29 is 18.0 Å². The number of hydrogen-bond donors (Lipinski definition) is 1. The fourth-order valence-corrected chi connectivity index (χ4v) is 4.20. The van der Waals surface area contributed by atoms with Crippen molar-refractivity contribution in [2.45, 2.75) is 12.6 Å². The summed E-state index contributed by atoms with van der Waals surface area (Å²) in [5, 5.41) is 5.12. The van der Waals surface area contributed by atoms with E-state index in [0.717, 1.165) is 44.1 Å². The van der Waals surface area contributed by atoms with Gasteiger partial charge in [0.2, 0.25) is 5.91 Å². The first-order chi connectivity index (χ1) is 15.3. The Morgan fingerprint density at radius 2 is 1.81 bits per heavy atom. The van der Waals surface area contributed by atoms with E-state index in [-0.39, 0.29) is 12.3 Å². The molecule has 0 bridgehead atoms. The Morgan fingerprint density at radius 3 is 2.44 bits per heavy atom. The fraction of sp³-hybridized carbons (Fsp3) is 0.318. The lowest BCUT2D eigenvalue weighted by atomic mass is 10.1. The number of hydrogen-bond acceptors (Lipinski definition) is 6. The maximum Gasteiger partial charge on any atom is 0.416 e. The smallest absolute Gasteiger partial charge is 0.354 e. The molecule has 0 radical (unpaired) electrons. The number of benzene rings is 1. The van der Waals surface area contributed by atoms with Crippen LogP contribution in [-0.2, 0) is 17.4 Å². The Labute approximate surface area is 187 Å². The number of aromatic nitrogens is 2. The first kappa shape index (κ1) is 22.2. The number of halogens is 3. The van der Waals surface area contributed by atoms with Crippen molar-refractivity contribution >= 4 is 28.7 Å². The summed E-state index contributed by atoms with van der Waals surface area (Å²) >= 11 is 1.29. The molecule has 32 heavy (non-hydrogen) atoms. The summed E-state index contributed by atoms with van der Waals surface area (Å²) < 4.78 is 38.1. The van der Waals surface area contributed by atoms with Crippen molar-refractivity contribution in [2.75, 3.05) is 43.4 Å². The number of pyridine rings is 1. The van der Waals surface area contributed by atoms with E-state index in [1.165, 1.54) is 23.5 Å². The maximum atomic E-state index is 12.7.